The standard InChI is InChI=1S/C17H20FNO3/c18-14-3-1-2-4-15(14)19-16(20)10-22-17(21)9-13-8-11-5-6-12(13)7-11/h1-4,11-13H,5-10H2,(H,19,20)/t11-,12+,13-/m0/s1. The number of nitrogens with one attached hydrogen (secondary N) is 1. The summed E-state index contributed by atoms with van der Waals surface area (Å²) in [6.45, 7) is -0.367. The van der Waals surface area contributed by atoms with Crippen molar-refractivity contribution in [3.63, 3.8) is 0 Å². The Labute approximate surface area is 129 Å². The summed E-state index contributed by atoms with van der Waals surface area (Å²) in [6.07, 6.45) is 5.26. The van der Waals surface area contributed by atoms with Gasteiger partial charge < -0.3 is 10.1 Å². The third kappa shape index (κ3) is 3.46. The molecule has 4 nitrogen and oxygen atoms in total. The van der Waals surface area contributed by atoms with E-state index in [1.807, 2.05) is 0 Å². The Morgan fingerprint density at radius 2 is 2.05 bits per heavy atom. The Balaban J connectivity index is 1.41. The molecule has 2 aliphatic carbocycles. The van der Waals surface area contributed by atoms with Gasteiger partial charge in [0.1, 0.15) is 5.82 Å². The van der Waals surface area contributed by atoms with Crippen LogP contribution < -0.4 is 5.32 Å². The van der Waals surface area contributed by atoms with Gasteiger partial charge in [0, 0.05) is 6.42 Å². The van der Waals surface area contributed by atoms with Crippen LogP contribution in [-0.2, 0) is 14.3 Å². The molecule has 22 heavy (non-hydrogen) atoms. The highest BCUT2D eigenvalue weighted by Crippen LogP contribution is 2.49. The van der Waals surface area contributed by atoms with E-state index >= 15 is 0 Å². The average molecular weight is 305 g/mol. The van der Waals surface area contributed by atoms with Gasteiger partial charge in [0.2, 0.25) is 0 Å². The molecule has 1 amide bonds. The molecule has 1 N–H and O–H groups in total. The summed E-state index contributed by atoms with van der Waals surface area (Å²) < 4.78 is 18.4. The van der Waals surface area contributed by atoms with E-state index in [4.69, 9.17) is 4.74 Å². The van der Waals surface area contributed by atoms with Crippen molar-refractivity contribution in [2.24, 2.45) is 17.8 Å². The first-order valence-electron chi connectivity index (χ1n) is 7.82. The second-order valence-electron chi connectivity index (χ2n) is 6.33. The number of fused-ring (bicyclic) bond motifs is 2. The quantitative estimate of drug-likeness (QED) is 0.850. The fourth-order valence-corrected chi connectivity index (χ4v) is 3.79. The number of hydrogen-bond acceptors (Lipinski definition) is 3. The summed E-state index contributed by atoms with van der Waals surface area (Å²) in [5.74, 6) is 0.495. The maximum atomic E-state index is 13.4. The number of benzene rings is 1. The number of para-hydroxylation sites is 1. The Morgan fingerprint density at radius 1 is 1.23 bits per heavy atom. The van der Waals surface area contributed by atoms with Crippen LogP contribution in [-0.4, -0.2) is 18.5 Å². The van der Waals surface area contributed by atoms with Gasteiger partial charge in [0.15, 0.2) is 6.61 Å². The summed E-state index contributed by atoms with van der Waals surface area (Å²) in [7, 11) is 0. The van der Waals surface area contributed by atoms with E-state index in [0.717, 1.165) is 12.3 Å². The predicted molar refractivity (Wildman–Crippen MR) is 79.5 cm³/mol. The maximum absolute atomic E-state index is 13.4. The molecule has 2 aliphatic rings. The fraction of sp³-hybridized carbons (Fsp3) is 0.529. The van der Waals surface area contributed by atoms with Gasteiger partial charge in [0.05, 0.1) is 5.69 Å². The minimum Gasteiger partial charge on any atom is -0.456 e. The number of ether oxygens (including phenoxy) is 1. The highest BCUT2D eigenvalue weighted by Gasteiger charge is 2.40. The van der Waals surface area contributed by atoms with Crippen LogP contribution in [0.3, 0.4) is 0 Å². The van der Waals surface area contributed by atoms with Gasteiger partial charge >= 0.3 is 5.97 Å². The van der Waals surface area contributed by atoms with Gasteiger partial charge in [-0.15, -0.1) is 0 Å². The van der Waals surface area contributed by atoms with E-state index in [1.54, 1.807) is 12.1 Å². The smallest absolute Gasteiger partial charge is 0.306 e. The third-order valence-electron chi connectivity index (χ3n) is 4.83. The van der Waals surface area contributed by atoms with Gasteiger partial charge in [-0.25, -0.2) is 4.39 Å². The molecule has 2 saturated carbocycles. The summed E-state index contributed by atoms with van der Waals surface area (Å²) in [5.41, 5.74) is 0.0941. The highest BCUT2D eigenvalue weighted by atomic mass is 19.1. The minimum absolute atomic E-state index is 0.0941. The van der Waals surface area contributed by atoms with Crippen molar-refractivity contribution in [1.29, 1.82) is 0 Å². The lowest BCUT2D eigenvalue weighted by Crippen LogP contribution is -2.23. The number of rotatable bonds is 5. The first-order chi connectivity index (χ1) is 10.6. The van der Waals surface area contributed by atoms with Crippen LogP contribution in [0.15, 0.2) is 24.3 Å². The predicted octanol–water partition coefficient (Wildman–Crippen LogP) is 3.13. The van der Waals surface area contributed by atoms with Gasteiger partial charge in [-0.3, -0.25) is 9.59 Å². The molecular formula is C17H20FNO3. The normalized spacial score (nSPS) is 26.0. The lowest BCUT2D eigenvalue weighted by Gasteiger charge is -2.20. The Kier molecular flexibility index (Phi) is 4.41. The largest absolute Gasteiger partial charge is 0.456 e. The van der Waals surface area contributed by atoms with E-state index in [2.05, 4.69) is 5.32 Å². The van der Waals surface area contributed by atoms with Crippen LogP contribution in [0.25, 0.3) is 0 Å². The van der Waals surface area contributed by atoms with Gasteiger partial charge in [0.25, 0.3) is 5.91 Å². The van der Waals surface area contributed by atoms with Crippen molar-refractivity contribution >= 4 is 17.6 Å². The van der Waals surface area contributed by atoms with Crippen molar-refractivity contribution in [2.75, 3.05) is 11.9 Å². The number of halogens is 1. The zero-order valence-electron chi connectivity index (χ0n) is 12.4. The van der Waals surface area contributed by atoms with Gasteiger partial charge in [-0.1, -0.05) is 18.6 Å². The first kappa shape index (κ1) is 15.0. The number of esters is 1. The van der Waals surface area contributed by atoms with E-state index in [1.165, 1.54) is 31.4 Å². The molecule has 5 heteroatoms. The number of carbonyl (C=O) groups is 2. The molecular weight excluding hydrogens is 285 g/mol. The average Bonchev–Trinajstić information content (AvgIpc) is 3.10. The molecule has 0 unspecified atom stereocenters. The molecule has 0 radical (unpaired) electrons. The summed E-state index contributed by atoms with van der Waals surface area (Å²) in [6, 6.07) is 5.89. The zero-order chi connectivity index (χ0) is 15.5. The third-order valence-corrected chi connectivity index (χ3v) is 4.83. The molecule has 0 aromatic heterocycles. The van der Waals surface area contributed by atoms with E-state index < -0.39 is 11.7 Å². The summed E-state index contributed by atoms with van der Waals surface area (Å²) >= 11 is 0. The monoisotopic (exact) mass is 305 g/mol. The number of hydrogen-bond donors (Lipinski definition) is 1. The second kappa shape index (κ2) is 6.46. The maximum Gasteiger partial charge on any atom is 0.306 e. The molecule has 1 aromatic carbocycles. The Bertz CT molecular complexity index is 575. The van der Waals surface area contributed by atoms with E-state index in [0.29, 0.717) is 18.3 Å². The van der Waals surface area contributed by atoms with Crippen LogP contribution in [0.4, 0.5) is 10.1 Å². The first-order valence-corrected chi connectivity index (χ1v) is 7.82. The molecule has 0 heterocycles. The van der Waals surface area contributed by atoms with E-state index in [-0.39, 0.29) is 18.3 Å². The topological polar surface area (TPSA) is 55.4 Å². The highest BCUT2D eigenvalue weighted by molar-refractivity contribution is 5.92. The molecule has 0 saturated heterocycles. The fourth-order valence-electron chi connectivity index (χ4n) is 3.79. The van der Waals surface area contributed by atoms with Crippen LogP contribution in [0, 0.1) is 23.6 Å². The molecule has 0 aliphatic heterocycles. The van der Waals surface area contributed by atoms with Crippen LogP contribution >= 0.6 is 0 Å². The van der Waals surface area contributed by atoms with Crippen molar-refractivity contribution in [1.82, 2.24) is 0 Å². The Hall–Kier alpha value is -1.91. The SMILES string of the molecule is O=C(COC(=O)C[C@@H]1C[C@H]2CC[C@@H]1C2)Nc1ccccc1F. The van der Waals surface area contributed by atoms with Crippen molar-refractivity contribution in [2.45, 2.75) is 32.1 Å². The van der Waals surface area contributed by atoms with Crippen molar-refractivity contribution in [3.05, 3.63) is 30.1 Å². The molecule has 2 bridgehead atoms. The number of amides is 1. The molecule has 118 valence electrons. The van der Waals surface area contributed by atoms with E-state index in [9.17, 15) is 14.0 Å². The second-order valence-corrected chi connectivity index (χ2v) is 6.33. The molecule has 3 atom stereocenters. The van der Waals surface area contributed by atoms with Crippen LogP contribution in [0.2, 0.25) is 0 Å². The minimum atomic E-state index is -0.522. The zero-order valence-corrected chi connectivity index (χ0v) is 12.4. The van der Waals surface area contributed by atoms with Crippen molar-refractivity contribution in [3.8, 4) is 0 Å². The molecule has 1 aromatic rings. The van der Waals surface area contributed by atoms with Gasteiger partial charge in [-0.05, 0) is 49.1 Å². The summed E-state index contributed by atoms with van der Waals surface area (Å²) in [4.78, 5) is 23.5. The van der Waals surface area contributed by atoms with Crippen LogP contribution in [0.1, 0.15) is 32.1 Å². The lowest BCUT2D eigenvalue weighted by molar-refractivity contribution is -0.148. The molecule has 2 fully saturated rings. The van der Waals surface area contributed by atoms with Crippen molar-refractivity contribution < 1.29 is 18.7 Å². The number of carbonyl (C=O) groups excluding carboxylic acids is 2. The number of anilines is 1. The Morgan fingerprint density at radius 3 is 2.73 bits per heavy atom. The van der Waals surface area contributed by atoms with Gasteiger partial charge in [-0.2, -0.15) is 0 Å². The summed E-state index contributed by atoms with van der Waals surface area (Å²) in [5, 5.41) is 2.40. The van der Waals surface area contributed by atoms with Crippen LogP contribution in [0.5, 0.6) is 0 Å². The molecule has 3 rings (SSSR count). The molecule has 0 spiro atoms. The lowest BCUT2D eigenvalue weighted by atomic mass is 9.86.